The fraction of sp³-hybridized carbons (Fsp3) is 0.0556. The highest BCUT2D eigenvalue weighted by Crippen LogP contribution is 2.34. The van der Waals surface area contributed by atoms with Crippen molar-refractivity contribution in [2.75, 3.05) is 5.32 Å². The lowest BCUT2D eigenvalue weighted by Crippen LogP contribution is -2.10. The molecule has 5 nitrogen and oxygen atoms in total. The zero-order valence-corrected chi connectivity index (χ0v) is 14.9. The molecular weight excluding hydrogens is 354 g/mol. The van der Waals surface area contributed by atoms with Gasteiger partial charge in [-0.2, -0.15) is 16.3 Å². The molecule has 3 aromatic heterocycles. The van der Waals surface area contributed by atoms with E-state index < -0.39 is 0 Å². The van der Waals surface area contributed by atoms with E-state index in [1.165, 1.54) is 22.7 Å². The van der Waals surface area contributed by atoms with Gasteiger partial charge >= 0.3 is 0 Å². The molecule has 3 heterocycles. The lowest BCUT2D eigenvalue weighted by Gasteiger charge is -2.02. The van der Waals surface area contributed by atoms with Crippen molar-refractivity contribution in [3.63, 3.8) is 0 Å². The van der Waals surface area contributed by atoms with E-state index in [1.54, 1.807) is 6.07 Å². The van der Waals surface area contributed by atoms with Crippen LogP contribution in [-0.4, -0.2) is 16.0 Å². The summed E-state index contributed by atoms with van der Waals surface area (Å²) in [4.78, 5) is 17.5. The van der Waals surface area contributed by atoms with Gasteiger partial charge in [0.05, 0.1) is 11.3 Å². The standard InChI is InChI=1S/C18H13N3O2S2/c1-11-3-2-4-12(9-11)16-20-18(23-21-16)15-14(6-8-25-15)19-17(22)13-5-7-24-10-13/h2-10H,1H3,(H,19,22). The molecule has 4 aromatic rings. The monoisotopic (exact) mass is 367 g/mol. The normalized spacial score (nSPS) is 10.8. The Morgan fingerprint density at radius 3 is 2.92 bits per heavy atom. The van der Waals surface area contributed by atoms with Gasteiger partial charge in [0.2, 0.25) is 5.82 Å². The highest BCUT2D eigenvalue weighted by molar-refractivity contribution is 7.14. The van der Waals surface area contributed by atoms with Gasteiger partial charge in [-0.15, -0.1) is 11.3 Å². The van der Waals surface area contributed by atoms with Crippen LogP contribution in [0.25, 0.3) is 22.2 Å². The van der Waals surface area contributed by atoms with Gasteiger partial charge in [-0.25, -0.2) is 0 Å². The van der Waals surface area contributed by atoms with Gasteiger partial charge in [-0.05, 0) is 35.9 Å². The molecule has 0 atom stereocenters. The number of benzene rings is 1. The van der Waals surface area contributed by atoms with Crippen LogP contribution in [0.3, 0.4) is 0 Å². The summed E-state index contributed by atoms with van der Waals surface area (Å²) >= 11 is 2.93. The van der Waals surface area contributed by atoms with Crippen molar-refractivity contribution >= 4 is 34.3 Å². The summed E-state index contributed by atoms with van der Waals surface area (Å²) in [7, 11) is 0. The molecule has 0 unspecified atom stereocenters. The summed E-state index contributed by atoms with van der Waals surface area (Å²) in [6.45, 7) is 2.02. The van der Waals surface area contributed by atoms with Crippen molar-refractivity contribution in [1.29, 1.82) is 0 Å². The SMILES string of the molecule is Cc1cccc(-c2noc(-c3sccc3NC(=O)c3ccsc3)n2)c1. The summed E-state index contributed by atoms with van der Waals surface area (Å²) in [5, 5.41) is 12.5. The molecule has 7 heteroatoms. The van der Waals surface area contributed by atoms with Gasteiger partial charge in [-0.3, -0.25) is 4.79 Å². The predicted molar refractivity (Wildman–Crippen MR) is 100 cm³/mol. The van der Waals surface area contributed by atoms with Crippen LogP contribution in [0, 0.1) is 6.92 Å². The number of nitrogens with zero attached hydrogens (tertiary/aromatic N) is 2. The smallest absolute Gasteiger partial charge is 0.270 e. The van der Waals surface area contributed by atoms with E-state index in [9.17, 15) is 4.79 Å². The molecule has 0 aliphatic rings. The molecule has 1 aromatic carbocycles. The summed E-state index contributed by atoms with van der Waals surface area (Å²) in [6, 6.07) is 11.5. The lowest BCUT2D eigenvalue weighted by atomic mass is 10.1. The zero-order valence-electron chi connectivity index (χ0n) is 13.2. The van der Waals surface area contributed by atoms with Crippen LogP contribution in [0.4, 0.5) is 5.69 Å². The van der Waals surface area contributed by atoms with Gasteiger partial charge in [-0.1, -0.05) is 28.9 Å². The number of aromatic nitrogens is 2. The third-order valence-corrected chi connectivity index (χ3v) is 5.18. The molecule has 0 aliphatic heterocycles. The minimum Gasteiger partial charge on any atom is -0.333 e. The number of amides is 1. The van der Waals surface area contributed by atoms with Crippen LogP contribution < -0.4 is 5.32 Å². The van der Waals surface area contributed by atoms with E-state index in [4.69, 9.17) is 4.52 Å². The molecule has 124 valence electrons. The number of aryl methyl sites for hydroxylation is 1. The summed E-state index contributed by atoms with van der Waals surface area (Å²) in [6.07, 6.45) is 0. The molecule has 0 saturated heterocycles. The third-order valence-electron chi connectivity index (χ3n) is 3.59. The Labute approximate surface area is 152 Å². The number of nitrogens with one attached hydrogen (secondary N) is 1. The number of rotatable bonds is 4. The van der Waals surface area contributed by atoms with E-state index in [-0.39, 0.29) is 5.91 Å². The average molecular weight is 367 g/mol. The quantitative estimate of drug-likeness (QED) is 0.546. The molecule has 0 bridgehead atoms. The van der Waals surface area contributed by atoms with E-state index in [0.29, 0.717) is 23.0 Å². The molecule has 1 amide bonds. The molecule has 0 saturated carbocycles. The number of hydrogen-bond acceptors (Lipinski definition) is 6. The van der Waals surface area contributed by atoms with E-state index in [1.807, 2.05) is 53.4 Å². The second-order valence-electron chi connectivity index (χ2n) is 5.42. The molecule has 0 spiro atoms. The predicted octanol–water partition coefficient (Wildman–Crippen LogP) is 5.09. The highest BCUT2D eigenvalue weighted by atomic mass is 32.1. The lowest BCUT2D eigenvalue weighted by molar-refractivity contribution is 0.102. The summed E-state index contributed by atoms with van der Waals surface area (Å²) in [5.41, 5.74) is 3.33. The molecule has 0 fully saturated rings. The maximum atomic E-state index is 12.3. The Balaban J connectivity index is 1.61. The summed E-state index contributed by atoms with van der Waals surface area (Å²) < 4.78 is 5.42. The van der Waals surface area contributed by atoms with Crippen molar-refractivity contribution < 1.29 is 9.32 Å². The highest BCUT2D eigenvalue weighted by Gasteiger charge is 2.17. The maximum Gasteiger partial charge on any atom is 0.270 e. The first-order valence-electron chi connectivity index (χ1n) is 7.53. The Hall–Kier alpha value is -2.77. The first kappa shape index (κ1) is 15.7. The van der Waals surface area contributed by atoms with Crippen LogP contribution in [0.15, 0.2) is 57.1 Å². The molecule has 1 N–H and O–H groups in total. The number of hydrogen-bond donors (Lipinski definition) is 1. The minimum absolute atomic E-state index is 0.153. The molecule has 0 aliphatic carbocycles. The number of thiophene rings is 2. The maximum absolute atomic E-state index is 12.3. The first-order valence-corrected chi connectivity index (χ1v) is 9.35. The Morgan fingerprint density at radius 1 is 1.20 bits per heavy atom. The third kappa shape index (κ3) is 3.24. The van der Waals surface area contributed by atoms with Crippen LogP contribution in [-0.2, 0) is 0 Å². The van der Waals surface area contributed by atoms with E-state index in [2.05, 4.69) is 15.5 Å². The van der Waals surface area contributed by atoms with Crippen LogP contribution in [0.1, 0.15) is 15.9 Å². The number of anilines is 1. The number of carbonyl (C=O) groups is 1. The van der Waals surface area contributed by atoms with E-state index in [0.717, 1.165) is 16.0 Å². The van der Waals surface area contributed by atoms with Gasteiger partial charge < -0.3 is 9.84 Å². The fourth-order valence-corrected chi connectivity index (χ4v) is 3.78. The molecule has 4 rings (SSSR count). The van der Waals surface area contributed by atoms with Crippen molar-refractivity contribution in [2.45, 2.75) is 6.92 Å². The summed E-state index contributed by atoms with van der Waals surface area (Å²) in [5.74, 6) is 0.772. The Kier molecular flexibility index (Phi) is 4.17. The van der Waals surface area contributed by atoms with Crippen molar-refractivity contribution in [3.8, 4) is 22.2 Å². The van der Waals surface area contributed by atoms with Gasteiger partial charge in [0.25, 0.3) is 11.8 Å². The van der Waals surface area contributed by atoms with Crippen LogP contribution in [0.2, 0.25) is 0 Å². The van der Waals surface area contributed by atoms with Crippen molar-refractivity contribution in [3.05, 3.63) is 63.7 Å². The van der Waals surface area contributed by atoms with Crippen molar-refractivity contribution in [1.82, 2.24) is 10.1 Å². The zero-order chi connectivity index (χ0) is 17.2. The average Bonchev–Trinajstić information content (AvgIpc) is 3.36. The van der Waals surface area contributed by atoms with Gasteiger partial charge in [0.1, 0.15) is 4.88 Å². The molecule has 25 heavy (non-hydrogen) atoms. The van der Waals surface area contributed by atoms with Gasteiger partial charge in [0, 0.05) is 10.9 Å². The first-order chi connectivity index (χ1) is 12.2. The van der Waals surface area contributed by atoms with E-state index >= 15 is 0 Å². The Morgan fingerprint density at radius 2 is 2.12 bits per heavy atom. The minimum atomic E-state index is -0.153. The fourth-order valence-electron chi connectivity index (χ4n) is 2.38. The Bertz CT molecular complexity index is 1020. The largest absolute Gasteiger partial charge is 0.333 e. The van der Waals surface area contributed by atoms with Gasteiger partial charge in [0.15, 0.2) is 0 Å². The molecular formula is C18H13N3O2S2. The van der Waals surface area contributed by atoms with Crippen LogP contribution in [0.5, 0.6) is 0 Å². The topological polar surface area (TPSA) is 68.0 Å². The van der Waals surface area contributed by atoms with Crippen molar-refractivity contribution in [2.24, 2.45) is 0 Å². The molecule has 0 radical (unpaired) electrons. The second kappa shape index (κ2) is 6.62. The number of carbonyl (C=O) groups excluding carboxylic acids is 1. The van der Waals surface area contributed by atoms with Crippen LogP contribution >= 0.6 is 22.7 Å². The second-order valence-corrected chi connectivity index (χ2v) is 7.12.